The zero-order valence-electron chi connectivity index (χ0n) is 9.31. The van der Waals surface area contributed by atoms with Gasteiger partial charge >= 0.3 is 6.09 Å². The molecule has 1 aromatic carbocycles. The lowest BCUT2D eigenvalue weighted by molar-refractivity contribution is -0.117. The molecule has 1 atom stereocenters. The molecule has 2 N–H and O–H groups in total. The number of hydrogen-bond acceptors (Lipinski definition) is 4. The van der Waals surface area contributed by atoms with Crippen molar-refractivity contribution in [2.24, 2.45) is 0 Å². The lowest BCUT2D eigenvalue weighted by atomic mass is 10.2. The molecular formula is C12H14N2O3. The molecule has 90 valence electrons. The molecule has 17 heavy (non-hydrogen) atoms. The summed E-state index contributed by atoms with van der Waals surface area (Å²) in [6.45, 7) is 0.990. The van der Waals surface area contributed by atoms with Crippen LogP contribution in [-0.4, -0.2) is 31.0 Å². The number of benzene rings is 1. The van der Waals surface area contributed by atoms with E-state index in [9.17, 15) is 9.59 Å². The Balaban J connectivity index is 1.76. The van der Waals surface area contributed by atoms with Crippen molar-refractivity contribution in [3.8, 4) is 0 Å². The van der Waals surface area contributed by atoms with Gasteiger partial charge in [-0.15, -0.1) is 0 Å². The van der Waals surface area contributed by atoms with Crippen LogP contribution in [0.4, 0.5) is 4.79 Å². The number of carbonyl (C=O) groups excluding carboxylic acids is 2. The second-order valence-corrected chi connectivity index (χ2v) is 3.86. The summed E-state index contributed by atoms with van der Waals surface area (Å²) in [5.74, 6) is -0.0124. The fourth-order valence-corrected chi connectivity index (χ4v) is 1.62. The summed E-state index contributed by atoms with van der Waals surface area (Å²) in [5, 5.41) is 5.41. The molecule has 0 saturated carbocycles. The van der Waals surface area contributed by atoms with E-state index >= 15 is 0 Å². The molecule has 1 amide bonds. The minimum absolute atomic E-state index is 0.0124. The van der Waals surface area contributed by atoms with Crippen LogP contribution in [0.25, 0.3) is 0 Å². The minimum atomic E-state index is -0.559. The number of hydrogen-bond donors (Lipinski definition) is 2. The Hall–Kier alpha value is -1.88. The fraction of sp³-hybridized carbons (Fsp3) is 0.333. The van der Waals surface area contributed by atoms with E-state index in [-0.39, 0.29) is 12.4 Å². The van der Waals surface area contributed by atoms with Crippen LogP contribution in [0.3, 0.4) is 0 Å². The van der Waals surface area contributed by atoms with Gasteiger partial charge in [-0.1, -0.05) is 30.3 Å². The van der Waals surface area contributed by atoms with Gasteiger partial charge in [-0.2, -0.15) is 0 Å². The van der Waals surface area contributed by atoms with Crippen molar-refractivity contribution in [2.45, 2.75) is 12.6 Å². The third-order valence-corrected chi connectivity index (χ3v) is 2.54. The summed E-state index contributed by atoms with van der Waals surface area (Å²) in [5.41, 5.74) is 0.915. The Morgan fingerprint density at radius 2 is 2.18 bits per heavy atom. The van der Waals surface area contributed by atoms with Gasteiger partial charge in [0.2, 0.25) is 0 Å². The quantitative estimate of drug-likeness (QED) is 0.797. The average molecular weight is 234 g/mol. The molecule has 0 aromatic heterocycles. The molecule has 1 saturated heterocycles. The highest BCUT2D eigenvalue weighted by atomic mass is 16.5. The van der Waals surface area contributed by atoms with Gasteiger partial charge < -0.3 is 15.4 Å². The zero-order valence-corrected chi connectivity index (χ0v) is 9.31. The first kappa shape index (κ1) is 11.6. The van der Waals surface area contributed by atoms with Gasteiger partial charge in [0.15, 0.2) is 5.78 Å². The maximum Gasteiger partial charge on any atom is 0.408 e. The third kappa shape index (κ3) is 3.29. The lowest BCUT2D eigenvalue weighted by Crippen LogP contribution is -2.40. The van der Waals surface area contributed by atoms with Crippen LogP contribution in [0.5, 0.6) is 0 Å². The molecule has 2 rings (SSSR count). The van der Waals surface area contributed by atoms with Crippen LogP contribution in [0.1, 0.15) is 5.56 Å². The highest BCUT2D eigenvalue weighted by Gasteiger charge is 2.25. The number of carbonyl (C=O) groups is 2. The largest absolute Gasteiger partial charge is 0.445 e. The van der Waals surface area contributed by atoms with Crippen molar-refractivity contribution < 1.29 is 14.3 Å². The zero-order chi connectivity index (χ0) is 12.1. The number of rotatable bonds is 3. The van der Waals surface area contributed by atoms with Gasteiger partial charge in [-0.25, -0.2) is 4.79 Å². The Morgan fingerprint density at radius 3 is 2.82 bits per heavy atom. The normalized spacial score (nSPS) is 19.1. The van der Waals surface area contributed by atoms with Gasteiger partial charge in [0, 0.05) is 6.54 Å². The lowest BCUT2D eigenvalue weighted by Gasteiger charge is -2.10. The Morgan fingerprint density at radius 1 is 1.41 bits per heavy atom. The van der Waals surface area contributed by atoms with Crippen LogP contribution >= 0.6 is 0 Å². The third-order valence-electron chi connectivity index (χ3n) is 2.54. The first-order chi connectivity index (χ1) is 8.25. The van der Waals surface area contributed by atoms with Gasteiger partial charge in [-0.05, 0) is 5.56 Å². The maximum atomic E-state index is 11.4. The van der Waals surface area contributed by atoms with E-state index in [1.54, 1.807) is 0 Å². The van der Waals surface area contributed by atoms with Crippen LogP contribution in [-0.2, 0) is 16.1 Å². The number of Topliss-reactive ketones (excluding diaryl/α,β-unsaturated/α-hetero) is 1. The second-order valence-electron chi connectivity index (χ2n) is 3.86. The maximum absolute atomic E-state index is 11.4. The van der Waals surface area contributed by atoms with Crippen molar-refractivity contribution in [2.75, 3.05) is 13.1 Å². The van der Waals surface area contributed by atoms with Crippen molar-refractivity contribution in [3.63, 3.8) is 0 Å². The number of amides is 1. The molecule has 1 aliphatic rings. The van der Waals surface area contributed by atoms with E-state index in [2.05, 4.69) is 10.6 Å². The Bertz CT molecular complexity index is 405. The Kier molecular flexibility index (Phi) is 3.72. The van der Waals surface area contributed by atoms with E-state index < -0.39 is 12.1 Å². The molecule has 0 spiro atoms. The monoisotopic (exact) mass is 234 g/mol. The predicted molar refractivity (Wildman–Crippen MR) is 61.4 cm³/mol. The van der Waals surface area contributed by atoms with Gasteiger partial charge in [0.25, 0.3) is 0 Å². The van der Waals surface area contributed by atoms with Gasteiger partial charge in [0.1, 0.15) is 12.6 Å². The first-order valence-electron chi connectivity index (χ1n) is 5.46. The molecule has 5 nitrogen and oxygen atoms in total. The average Bonchev–Trinajstić information content (AvgIpc) is 2.74. The first-order valence-corrected chi connectivity index (χ1v) is 5.46. The predicted octanol–water partition coefficient (Wildman–Crippen LogP) is 0.454. The van der Waals surface area contributed by atoms with Crippen LogP contribution < -0.4 is 10.6 Å². The summed E-state index contributed by atoms with van der Waals surface area (Å²) in [7, 11) is 0. The molecule has 1 fully saturated rings. The summed E-state index contributed by atoms with van der Waals surface area (Å²) >= 11 is 0. The van der Waals surface area contributed by atoms with E-state index in [1.165, 1.54) is 0 Å². The van der Waals surface area contributed by atoms with Crippen LogP contribution in [0, 0.1) is 0 Å². The highest BCUT2D eigenvalue weighted by molar-refractivity contribution is 5.90. The fourth-order valence-electron chi connectivity index (χ4n) is 1.62. The van der Waals surface area contributed by atoms with E-state index in [0.29, 0.717) is 13.1 Å². The van der Waals surface area contributed by atoms with E-state index in [4.69, 9.17) is 4.74 Å². The van der Waals surface area contributed by atoms with Crippen molar-refractivity contribution in [1.29, 1.82) is 0 Å². The topological polar surface area (TPSA) is 67.4 Å². The minimum Gasteiger partial charge on any atom is -0.445 e. The molecule has 1 unspecified atom stereocenters. The molecule has 1 aliphatic heterocycles. The van der Waals surface area contributed by atoms with Gasteiger partial charge in [0.05, 0.1) is 6.54 Å². The molecule has 1 aromatic rings. The van der Waals surface area contributed by atoms with E-state index in [1.807, 2.05) is 30.3 Å². The molecule has 1 heterocycles. The number of ether oxygens (including phenoxy) is 1. The number of nitrogens with one attached hydrogen (secondary N) is 2. The Labute approximate surface area is 99.2 Å². The second kappa shape index (κ2) is 5.45. The van der Waals surface area contributed by atoms with Crippen molar-refractivity contribution in [3.05, 3.63) is 35.9 Å². The molecule has 0 aliphatic carbocycles. The molecular weight excluding hydrogens is 220 g/mol. The van der Waals surface area contributed by atoms with E-state index in [0.717, 1.165) is 5.56 Å². The summed E-state index contributed by atoms with van der Waals surface area (Å²) in [6.07, 6.45) is -0.559. The van der Waals surface area contributed by atoms with Gasteiger partial charge in [-0.3, -0.25) is 4.79 Å². The van der Waals surface area contributed by atoms with Crippen molar-refractivity contribution >= 4 is 11.9 Å². The highest BCUT2D eigenvalue weighted by Crippen LogP contribution is 2.01. The number of ketones is 1. The SMILES string of the molecule is O=C(NC1CNCC1=O)OCc1ccccc1. The standard InChI is InChI=1S/C12H14N2O3/c15-11-7-13-6-10(11)14-12(16)17-8-9-4-2-1-3-5-9/h1-5,10,13H,6-8H2,(H,14,16). The van der Waals surface area contributed by atoms with Crippen LogP contribution in [0.2, 0.25) is 0 Å². The molecule has 0 radical (unpaired) electrons. The summed E-state index contributed by atoms with van der Waals surface area (Å²) in [6, 6.07) is 8.93. The molecule has 0 bridgehead atoms. The van der Waals surface area contributed by atoms with Crippen LogP contribution in [0.15, 0.2) is 30.3 Å². The van der Waals surface area contributed by atoms with Crippen molar-refractivity contribution in [1.82, 2.24) is 10.6 Å². The molecule has 5 heteroatoms. The summed E-state index contributed by atoms with van der Waals surface area (Å²) in [4.78, 5) is 22.7. The summed E-state index contributed by atoms with van der Waals surface area (Å²) < 4.78 is 5.01. The number of alkyl carbamates (subject to hydrolysis) is 1. The smallest absolute Gasteiger partial charge is 0.408 e.